The van der Waals surface area contributed by atoms with Crippen LogP contribution in [0, 0.1) is 0 Å². The Balaban J connectivity index is 1.21. The molecular weight excluding hydrogens is 529 g/mol. The Kier molecular flexibility index (Phi) is 7.35. The van der Waals surface area contributed by atoms with Crippen molar-refractivity contribution in [1.29, 1.82) is 0 Å². The lowest BCUT2D eigenvalue weighted by Gasteiger charge is -2.31. The summed E-state index contributed by atoms with van der Waals surface area (Å²) in [6.07, 6.45) is -3.70. The number of carbonyl (C=O) groups is 2. The Morgan fingerprint density at radius 2 is 1.82 bits per heavy atom. The Hall–Kier alpha value is -3.86. The monoisotopic (exact) mass is 556 g/mol. The number of aromatic amines is 1. The van der Waals surface area contributed by atoms with Crippen molar-refractivity contribution in [3.63, 3.8) is 0 Å². The van der Waals surface area contributed by atoms with Crippen LogP contribution in [-0.4, -0.2) is 58.1 Å². The lowest BCUT2D eigenvalue weighted by Crippen LogP contribution is -2.38. The van der Waals surface area contributed by atoms with Gasteiger partial charge >= 0.3 is 6.36 Å². The first-order chi connectivity index (χ1) is 18.6. The van der Waals surface area contributed by atoms with Crippen LogP contribution in [0.1, 0.15) is 63.3 Å². The van der Waals surface area contributed by atoms with Crippen molar-refractivity contribution in [3.05, 3.63) is 81.9 Å². The fourth-order valence-corrected chi connectivity index (χ4v) is 5.78. The Bertz CT molecular complexity index is 1460. The van der Waals surface area contributed by atoms with E-state index in [1.807, 2.05) is 37.3 Å². The average molecular weight is 557 g/mol. The molecular formula is C28H27F3N4O3S. The van der Waals surface area contributed by atoms with E-state index in [0.29, 0.717) is 31.6 Å². The number of ether oxygens (including phenoxy) is 1. The van der Waals surface area contributed by atoms with Crippen LogP contribution >= 0.6 is 11.3 Å². The van der Waals surface area contributed by atoms with Crippen molar-refractivity contribution in [2.24, 2.45) is 0 Å². The number of hydrogen-bond acceptors (Lipinski definition) is 5. The molecule has 0 saturated carbocycles. The van der Waals surface area contributed by atoms with Gasteiger partial charge in [-0.15, -0.1) is 24.5 Å². The molecule has 1 aliphatic rings. The number of H-pyrrole nitrogens is 1. The van der Waals surface area contributed by atoms with Crippen LogP contribution in [-0.2, 0) is 0 Å². The normalized spacial score (nSPS) is 15.4. The molecule has 0 aliphatic carbocycles. The molecule has 1 saturated heterocycles. The summed E-state index contributed by atoms with van der Waals surface area (Å²) in [4.78, 5) is 37.4. The van der Waals surface area contributed by atoms with Gasteiger partial charge in [0.2, 0.25) is 0 Å². The van der Waals surface area contributed by atoms with Crippen molar-refractivity contribution in [3.8, 4) is 5.75 Å². The molecule has 1 aliphatic heterocycles. The van der Waals surface area contributed by atoms with Gasteiger partial charge in [-0.1, -0.05) is 30.3 Å². The summed E-state index contributed by atoms with van der Waals surface area (Å²) in [5.74, 6) is -1.14. The number of halogens is 3. The quantitative estimate of drug-likeness (QED) is 0.299. The second-order valence-corrected chi connectivity index (χ2v) is 10.5. The van der Waals surface area contributed by atoms with Crippen LogP contribution in [0.3, 0.4) is 0 Å². The third-order valence-corrected chi connectivity index (χ3v) is 8.13. The Morgan fingerprint density at radius 3 is 2.54 bits per heavy atom. The molecule has 1 atom stereocenters. The smallest absolute Gasteiger partial charge is 0.405 e. The number of fused-ring (bicyclic) bond motifs is 1. The van der Waals surface area contributed by atoms with Gasteiger partial charge in [-0.25, -0.2) is 4.98 Å². The minimum Gasteiger partial charge on any atom is -0.405 e. The average Bonchev–Trinajstić information content (AvgIpc) is 3.59. The third-order valence-electron chi connectivity index (χ3n) is 7.12. The van der Waals surface area contributed by atoms with Gasteiger partial charge in [0.1, 0.15) is 11.4 Å². The number of alkyl halides is 3. The first-order valence-corrected chi connectivity index (χ1v) is 13.4. The highest BCUT2D eigenvalue weighted by Gasteiger charge is 2.34. The van der Waals surface area contributed by atoms with Gasteiger partial charge in [0.25, 0.3) is 11.8 Å². The minimum atomic E-state index is -4.88. The highest BCUT2D eigenvalue weighted by molar-refractivity contribution is 7.09. The van der Waals surface area contributed by atoms with Gasteiger partial charge in [0, 0.05) is 42.6 Å². The van der Waals surface area contributed by atoms with E-state index >= 15 is 0 Å². The van der Waals surface area contributed by atoms with E-state index in [0.717, 1.165) is 27.7 Å². The standard InChI is InChI=1S/C28H27F3N4O3S/c1-17(22-15-19-7-3-5-9-21(19)32-22)34(2)27(37)23-16-39-25(33-23)18-11-13-35(14-12-18)26(36)20-8-4-6-10-24(20)38-28(29,30)31/h3-10,15-18,32H,11-14H2,1-2H3. The molecule has 2 aromatic heterocycles. The van der Waals surface area contributed by atoms with E-state index in [9.17, 15) is 22.8 Å². The van der Waals surface area contributed by atoms with E-state index in [2.05, 4.69) is 14.7 Å². The molecule has 1 N–H and O–H groups in total. The predicted molar refractivity (Wildman–Crippen MR) is 142 cm³/mol. The number of hydrogen-bond donors (Lipinski definition) is 1. The van der Waals surface area contributed by atoms with Gasteiger partial charge in [-0.2, -0.15) is 0 Å². The summed E-state index contributed by atoms with van der Waals surface area (Å²) in [7, 11) is 1.75. The number of piperidine rings is 1. The fourth-order valence-electron chi connectivity index (χ4n) is 4.82. The SMILES string of the molecule is CC(c1cc2ccccc2[nH]1)N(C)C(=O)c1csc(C2CCN(C(=O)c3ccccc3OC(F)(F)F)CC2)n1. The number of benzene rings is 2. The Morgan fingerprint density at radius 1 is 1.13 bits per heavy atom. The topological polar surface area (TPSA) is 78.5 Å². The molecule has 3 heterocycles. The van der Waals surface area contributed by atoms with Gasteiger partial charge in [-0.05, 0) is 49.4 Å². The van der Waals surface area contributed by atoms with E-state index < -0.39 is 18.0 Å². The molecule has 4 aromatic rings. The lowest BCUT2D eigenvalue weighted by atomic mass is 9.97. The largest absolute Gasteiger partial charge is 0.573 e. The molecule has 2 amide bonds. The van der Waals surface area contributed by atoms with Crippen LogP contribution in [0.25, 0.3) is 10.9 Å². The van der Waals surface area contributed by atoms with Gasteiger partial charge in [0.05, 0.1) is 16.6 Å². The summed E-state index contributed by atoms with van der Waals surface area (Å²) in [5, 5.41) is 3.66. The van der Waals surface area contributed by atoms with Gasteiger partial charge in [0.15, 0.2) is 0 Å². The van der Waals surface area contributed by atoms with E-state index in [4.69, 9.17) is 0 Å². The molecule has 1 fully saturated rings. The number of aromatic nitrogens is 2. The molecule has 39 heavy (non-hydrogen) atoms. The first kappa shape index (κ1) is 26.7. The van der Waals surface area contributed by atoms with Crippen molar-refractivity contribution in [1.82, 2.24) is 19.8 Å². The summed E-state index contributed by atoms with van der Waals surface area (Å²) >= 11 is 1.41. The molecule has 7 nitrogen and oxygen atoms in total. The number of nitrogens with zero attached hydrogens (tertiary/aromatic N) is 3. The third kappa shape index (κ3) is 5.78. The van der Waals surface area contributed by atoms with Crippen LogP contribution in [0.5, 0.6) is 5.75 Å². The van der Waals surface area contributed by atoms with Crippen molar-refractivity contribution >= 4 is 34.1 Å². The van der Waals surface area contributed by atoms with Crippen molar-refractivity contribution < 1.29 is 27.5 Å². The van der Waals surface area contributed by atoms with E-state index in [-0.39, 0.29) is 23.4 Å². The van der Waals surface area contributed by atoms with Crippen LogP contribution in [0.2, 0.25) is 0 Å². The zero-order chi connectivity index (χ0) is 27.7. The van der Waals surface area contributed by atoms with E-state index in [1.165, 1.54) is 34.4 Å². The number of carbonyl (C=O) groups excluding carboxylic acids is 2. The molecule has 204 valence electrons. The second kappa shape index (κ2) is 10.7. The van der Waals surface area contributed by atoms with Gasteiger partial charge < -0.3 is 19.5 Å². The maximum absolute atomic E-state index is 13.2. The number of para-hydroxylation sites is 2. The van der Waals surface area contributed by atoms with Gasteiger partial charge in [-0.3, -0.25) is 9.59 Å². The van der Waals surface area contributed by atoms with Crippen LogP contribution in [0.15, 0.2) is 60.0 Å². The molecule has 0 bridgehead atoms. The highest BCUT2D eigenvalue weighted by atomic mass is 32.1. The zero-order valence-corrected chi connectivity index (χ0v) is 22.2. The zero-order valence-electron chi connectivity index (χ0n) is 21.4. The maximum atomic E-state index is 13.2. The molecule has 0 spiro atoms. The van der Waals surface area contributed by atoms with Crippen LogP contribution in [0.4, 0.5) is 13.2 Å². The van der Waals surface area contributed by atoms with E-state index in [1.54, 1.807) is 17.3 Å². The summed E-state index contributed by atoms with van der Waals surface area (Å²) in [6, 6.07) is 15.2. The molecule has 11 heteroatoms. The van der Waals surface area contributed by atoms with Crippen molar-refractivity contribution in [2.75, 3.05) is 20.1 Å². The molecule has 0 radical (unpaired) electrons. The number of nitrogens with one attached hydrogen (secondary N) is 1. The fraction of sp³-hybridized carbons (Fsp3) is 0.321. The summed E-state index contributed by atoms with van der Waals surface area (Å²) in [5.41, 5.74) is 2.19. The molecule has 1 unspecified atom stereocenters. The second-order valence-electron chi connectivity index (χ2n) is 9.59. The number of likely N-dealkylation sites (tertiary alicyclic amines) is 1. The van der Waals surface area contributed by atoms with Crippen LogP contribution < -0.4 is 4.74 Å². The lowest BCUT2D eigenvalue weighted by molar-refractivity contribution is -0.274. The minimum absolute atomic E-state index is 0.0544. The maximum Gasteiger partial charge on any atom is 0.573 e. The number of thiazole rings is 1. The highest BCUT2D eigenvalue weighted by Crippen LogP contribution is 2.33. The molecule has 5 rings (SSSR count). The predicted octanol–water partition coefficient (Wildman–Crippen LogP) is 6.38. The number of amides is 2. The summed E-state index contributed by atoms with van der Waals surface area (Å²) in [6.45, 7) is 2.69. The molecule has 2 aromatic carbocycles. The first-order valence-electron chi connectivity index (χ1n) is 12.5. The van der Waals surface area contributed by atoms with Crippen molar-refractivity contribution in [2.45, 2.75) is 38.1 Å². The Labute approximate surface area is 227 Å². The number of rotatable bonds is 6. The summed E-state index contributed by atoms with van der Waals surface area (Å²) < 4.78 is 42.3.